The van der Waals surface area contributed by atoms with Crippen LogP contribution < -0.4 is 10.2 Å². The van der Waals surface area contributed by atoms with Gasteiger partial charge in [0.1, 0.15) is 0 Å². The summed E-state index contributed by atoms with van der Waals surface area (Å²) in [4.78, 5) is 1.67. The highest BCUT2D eigenvalue weighted by molar-refractivity contribution is 5.48. The first-order chi connectivity index (χ1) is 8.63. The zero-order chi connectivity index (χ0) is 13.1. The lowest BCUT2D eigenvalue weighted by molar-refractivity contribution is 0.0419. The minimum atomic E-state index is -1.43. The Morgan fingerprint density at radius 1 is 1.33 bits per heavy atom. The number of rotatable bonds is 3. The van der Waals surface area contributed by atoms with Crippen molar-refractivity contribution in [2.75, 3.05) is 38.2 Å². The summed E-state index contributed by atoms with van der Waals surface area (Å²) in [6.45, 7) is 1.97. The minimum Gasteiger partial charge on any atom is -0.373 e. The molecular formula is C12H15F3N2O. The number of hydrogen-bond donors (Lipinski definition) is 1. The number of likely N-dealkylation sites (N-methyl/N-ethyl adjacent to an activating group) is 1. The summed E-state index contributed by atoms with van der Waals surface area (Å²) in [5.41, 5.74) is 0.0818. The van der Waals surface area contributed by atoms with E-state index in [0.717, 1.165) is 6.07 Å². The Morgan fingerprint density at radius 2 is 2.11 bits per heavy atom. The Hall–Kier alpha value is -1.27. The average molecular weight is 260 g/mol. The van der Waals surface area contributed by atoms with Crippen molar-refractivity contribution in [2.24, 2.45) is 0 Å². The number of nitrogens with zero attached hydrogens (tertiary/aromatic N) is 1. The molecule has 0 amide bonds. The third-order valence-corrected chi connectivity index (χ3v) is 2.93. The van der Waals surface area contributed by atoms with Gasteiger partial charge < -0.3 is 15.0 Å². The van der Waals surface area contributed by atoms with Gasteiger partial charge in [0.05, 0.1) is 18.4 Å². The van der Waals surface area contributed by atoms with Gasteiger partial charge in [-0.25, -0.2) is 13.2 Å². The second-order valence-corrected chi connectivity index (χ2v) is 4.19. The maximum Gasteiger partial charge on any atom is 0.196 e. The fourth-order valence-electron chi connectivity index (χ4n) is 2.05. The maximum absolute atomic E-state index is 13.6. The quantitative estimate of drug-likeness (QED) is 0.834. The van der Waals surface area contributed by atoms with Crippen molar-refractivity contribution in [1.82, 2.24) is 5.32 Å². The van der Waals surface area contributed by atoms with Crippen molar-refractivity contribution in [3.63, 3.8) is 0 Å². The van der Waals surface area contributed by atoms with Crippen molar-refractivity contribution < 1.29 is 17.9 Å². The van der Waals surface area contributed by atoms with Gasteiger partial charge in [-0.2, -0.15) is 0 Å². The van der Waals surface area contributed by atoms with Gasteiger partial charge in [0.2, 0.25) is 0 Å². The summed E-state index contributed by atoms with van der Waals surface area (Å²) >= 11 is 0. The van der Waals surface area contributed by atoms with Gasteiger partial charge in [0, 0.05) is 19.6 Å². The van der Waals surface area contributed by atoms with Gasteiger partial charge in [0.25, 0.3) is 0 Å². The Morgan fingerprint density at radius 3 is 2.83 bits per heavy atom. The van der Waals surface area contributed by atoms with E-state index in [-0.39, 0.29) is 11.8 Å². The summed E-state index contributed by atoms with van der Waals surface area (Å²) in [6.07, 6.45) is -0.0868. The molecule has 1 N–H and O–H groups in total. The molecule has 0 spiro atoms. The average Bonchev–Trinajstić information content (AvgIpc) is 2.37. The highest BCUT2D eigenvalue weighted by Crippen LogP contribution is 2.25. The zero-order valence-corrected chi connectivity index (χ0v) is 10.0. The Balaban J connectivity index is 2.18. The van der Waals surface area contributed by atoms with Crippen LogP contribution >= 0.6 is 0 Å². The van der Waals surface area contributed by atoms with Crippen LogP contribution in [0.15, 0.2) is 12.1 Å². The lowest BCUT2D eigenvalue weighted by atomic mass is 10.2. The molecule has 1 heterocycles. The first-order valence-corrected chi connectivity index (χ1v) is 5.78. The molecule has 0 saturated carbocycles. The topological polar surface area (TPSA) is 24.5 Å². The van der Waals surface area contributed by atoms with Gasteiger partial charge >= 0.3 is 0 Å². The van der Waals surface area contributed by atoms with Crippen molar-refractivity contribution in [3.05, 3.63) is 29.6 Å². The van der Waals surface area contributed by atoms with Crippen LogP contribution in [0.5, 0.6) is 0 Å². The maximum atomic E-state index is 13.6. The Bertz CT molecular complexity index is 426. The molecule has 1 aromatic rings. The fraction of sp³-hybridized carbons (Fsp3) is 0.500. The normalized spacial score (nSPS) is 20.2. The van der Waals surface area contributed by atoms with Gasteiger partial charge in [0.15, 0.2) is 17.5 Å². The molecule has 1 aromatic carbocycles. The number of nitrogens with one attached hydrogen (secondary N) is 1. The molecule has 0 aliphatic carbocycles. The van der Waals surface area contributed by atoms with Crippen LogP contribution in [-0.2, 0) is 4.74 Å². The van der Waals surface area contributed by atoms with Crippen LogP contribution in [-0.4, -0.2) is 39.4 Å². The van der Waals surface area contributed by atoms with Crippen LogP contribution in [0.2, 0.25) is 0 Å². The third kappa shape index (κ3) is 2.59. The number of ether oxygens (including phenoxy) is 1. The molecule has 2 rings (SSSR count). The molecule has 0 bridgehead atoms. The molecule has 100 valence electrons. The predicted molar refractivity (Wildman–Crippen MR) is 62.2 cm³/mol. The van der Waals surface area contributed by atoms with Crippen molar-refractivity contribution in [1.29, 1.82) is 0 Å². The monoisotopic (exact) mass is 260 g/mol. The van der Waals surface area contributed by atoms with E-state index in [4.69, 9.17) is 4.74 Å². The molecule has 0 aromatic heterocycles. The van der Waals surface area contributed by atoms with E-state index < -0.39 is 17.5 Å². The van der Waals surface area contributed by atoms with E-state index in [1.165, 1.54) is 6.07 Å². The second kappa shape index (κ2) is 5.58. The molecule has 1 unspecified atom stereocenters. The molecular weight excluding hydrogens is 245 g/mol. The van der Waals surface area contributed by atoms with Crippen molar-refractivity contribution in [3.8, 4) is 0 Å². The number of halogens is 3. The van der Waals surface area contributed by atoms with Crippen LogP contribution in [0.1, 0.15) is 0 Å². The SMILES string of the molecule is CNCC1CN(c2ccc(F)c(F)c2F)CCO1. The van der Waals surface area contributed by atoms with Crippen molar-refractivity contribution in [2.45, 2.75) is 6.10 Å². The standard InChI is InChI=1S/C12H15F3N2O/c1-16-6-8-7-17(4-5-18-8)10-3-2-9(13)11(14)12(10)15/h2-3,8,16H,4-7H2,1H3. The largest absolute Gasteiger partial charge is 0.373 e. The van der Waals surface area contributed by atoms with Gasteiger partial charge in [-0.3, -0.25) is 0 Å². The summed E-state index contributed by atoms with van der Waals surface area (Å²) in [7, 11) is 1.79. The molecule has 1 aliphatic heterocycles. The molecule has 1 aliphatic rings. The molecule has 1 atom stereocenters. The van der Waals surface area contributed by atoms with Gasteiger partial charge in [-0.05, 0) is 19.2 Å². The van der Waals surface area contributed by atoms with Crippen LogP contribution in [0.25, 0.3) is 0 Å². The van der Waals surface area contributed by atoms with E-state index in [9.17, 15) is 13.2 Å². The number of hydrogen-bond acceptors (Lipinski definition) is 3. The second-order valence-electron chi connectivity index (χ2n) is 4.19. The smallest absolute Gasteiger partial charge is 0.196 e. The lowest BCUT2D eigenvalue weighted by Crippen LogP contribution is -2.46. The van der Waals surface area contributed by atoms with Gasteiger partial charge in [-0.1, -0.05) is 0 Å². The summed E-state index contributed by atoms with van der Waals surface area (Å²) in [5.74, 6) is -3.74. The van der Waals surface area contributed by atoms with Crippen LogP contribution in [0.3, 0.4) is 0 Å². The van der Waals surface area contributed by atoms with E-state index in [0.29, 0.717) is 26.2 Å². The van der Waals surface area contributed by atoms with Crippen LogP contribution in [0, 0.1) is 17.5 Å². The van der Waals surface area contributed by atoms with E-state index in [1.807, 2.05) is 0 Å². The number of morpholine rings is 1. The van der Waals surface area contributed by atoms with E-state index >= 15 is 0 Å². The van der Waals surface area contributed by atoms with Crippen molar-refractivity contribution >= 4 is 5.69 Å². The highest BCUT2D eigenvalue weighted by Gasteiger charge is 2.24. The Labute approximate surface area is 104 Å². The highest BCUT2D eigenvalue weighted by atomic mass is 19.2. The van der Waals surface area contributed by atoms with Gasteiger partial charge in [-0.15, -0.1) is 0 Å². The summed E-state index contributed by atoms with van der Waals surface area (Å²) in [6, 6.07) is 2.20. The van der Waals surface area contributed by atoms with E-state index in [2.05, 4.69) is 5.32 Å². The van der Waals surface area contributed by atoms with Crippen LogP contribution in [0.4, 0.5) is 18.9 Å². The minimum absolute atomic E-state index is 0.0818. The molecule has 1 fully saturated rings. The predicted octanol–water partition coefficient (Wildman–Crippen LogP) is 1.53. The number of anilines is 1. The fourth-order valence-corrected chi connectivity index (χ4v) is 2.05. The van der Waals surface area contributed by atoms with E-state index in [1.54, 1.807) is 11.9 Å². The molecule has 1 saturated heterocycles. The molecule has 6 heteroatoms. The molecule has 18 heavy (non-hydrogen) atoms. The lowest BCUT2D eigenvalue weighted by Gasteiger charge is -2.34. The third-order valence-electron chi connectivity index (χ3n) is 2.93. The first kappa shape index (κ1) is 13.2. The zero-order valence-electron chi connectivity index (χ0n) is 10.0. The number of benzene rings is 1. The first-order valence-electron chi connectivity index (χ1n) is 5.78. The summed E-state index contributed by atoms with van der Waals surface area (Å²) in [5, 5.41) is 2.97. The Kier molecular flexibility index (Phi) is 4.08. The summed E-state index contributed by atoms with van der Waals surface area (Å²) < 4.78 is 45.1. The molecule has 3 nitrogen and oxygen atoms in total. The molecule has 0 radical (unpaired) electrons.